The van der Waals surface area contributed by atoms with E-state index in [-0.39, 0.29) is 5.69 Å². The van der Waals surface area contributed by atoms with Crippen LogP contribution in [0.4, 0.5) is 5.69 Å². The fourth-order valence-electron chi connectivity index (χ4n) is 1.74. The molecule has 0 amide bonds. The Labute approximate surface area is 120 Å². The third-order valence-electron chi connectivity index (χ3n) is 2.64. The van der Waals surface area contributed by atoms with Gasteiger partial charge in [-0.25, -0.2) is 0 Å². The summed E-state index contributed by atoms with van der Waals surface area (Å²) in [5, 5.41) is 11.2. The highest BCUT2D eigenvalue weighted by Crippen LogP contribution is 2.46. The Hall–Kier alpha value is -2.21. The number of nitro benzene ring substituents is 1. The van der Waals surface area contributed by atoms with Gasteiger partial charge in [-0.3, -0.25) is 10.1 Å². The number of nitro groups is 1. The van der Waals surface area contributed by atoms with Crippen molar-refractivity contribution in [2.24, 2.45) is 0 Å². The lowest BCUT2D eigenvalue weighted by Crippen LogP contribution is -1.97. The smallest absolute Gasteiger partial charge is 0.287 e. The zero-order valence-electron chi connectivity index (χ0n) is 11.0. The molecule has 2 aromatic carbocycles. The summed E-state index contributed by atoms with van der Waals surface area (Å²) < 4.78 is 10.5. The molecule has 5 nitrogen and oxygen atoms in total. The maximum atomic E-state index is 11.2. The Kier molecular flexibility index (Phi) is 4.47. The highest BCUT2D eigenvalue weighted by atomic mass is 32.2. The average molecular weight is 291 g/mol. The van der Waals surface area contributed by atoms with Crippen LogP contribution in [0.3, 0.4) is 0 Å². The van der Waals surface area contributed by atoms with Crippen molar-refractivity contribution in [3.63, 3.8) is 0 Å². The Morgan fingerprint density at radius 1 is 1.05 bits per heavy atom. The number of nitrogens with zero attached hydrogens (tertiary/aromatic N) is 1. The lowest BCUT2D eigenvalue weighted by molar-refractivity contribution is -0.387. The third-order valence-corrected chi connectivity index (χ3v) is 3.75. The molecular formula is C14H13NO4S. The van der Waals surface area contributed by atoms with Crippen LogP contribution in [0.25, 0.3) is 0 Å². The molecule has 0 saturated heterocycles. The van der Waals surface area contributed by atoms with E-state index >= 15 is 0 Å². The van der Waals surface area contributed by atoms with Gasteiger partial charge in [0.15, 0.2) is 11.5 Å². The van der Waals surface area contributed by atoms with E-state index < -0.39 is 4.92 Å². The van der Waals surface area contributed by atoms with Crippen LogP contribution in [0.5, 0.6) is 11.5 Å². The second kappa shape index (κ2) is 6.29. The zero-order valence-corrected chi connectivity index (χ0v) is 11.8. The lowest BCUT2D eigenvalue weighted by atomic mass is 10.3. The van der Waals surface area contributed by atoms with E-state index in [1.165, 1.54) is 38.1 Å². The lowest BCUT2D eigenvalue weighted by Gasteiger charge is -2.12. The molecule has 0 atom stereocenters. The van der Waals surface area contributed by atoms with Crippen molar-refractivity contribution >= 4 is 17.4 Å². The van der Waals surface area contributed by atoms with Crippen LogP contribution >= 0.6 is 11.8 Å². The summed E-state index contributed by atoms with van der Waals surface area (Å²) in [5.74, 6) is 0.840. The molecule has 0 aliphatic carbocycles. The molecule has 2 aromatic rings. The fourth-order valence-corrected chi connectivity index (χ4v) is 2.79. The normalized spacial score (nSPS) is 10.1. The van der Waals surface area contributed by atoms with E-state index in [1.54, 1.807) is 0 Å². The van der Waals surface area contributed by atoms with Gasteiger partial charge in [-0.1, -0.05) is 30.0 Å². The highest BCUT2D eigenvalue weighted by Gasteiger charge is 2.23. The van der Waals surface area contributed by atoms with E-state index in [0.717, 1.165) is 4.90 Å². The van der Waals surface area contributed by atoms with Gasteiger partial charge >= 0.3 is 0 Å². The first-order valence-electron chi connectivity index (χ1n) is 5.79. The molecular weight excluding hydrogens is 278 g/mol. The van der Waals surface area contributed by atoms with Gasteiger partial charge in [0.1, 0.15) is 4.90 Å². The van der Waals surface area contributed by atoms with Crippen molar-refractivity contribution in [2.45, 2.75) is 9.79 Å². The largest absolute Gasteiger partial charge is 0.493 e. The van der Waals surface area contributed by atoms with Crippen LogP contribution in [-0.4, -0.2) is 19.1 Å². The molecule has 0 aliphatic heterocycles. The third kappa shape index (κ3) is 2.85. The molecule has 0 bridgehead atoms. The van der Waals surface area contributed by atoms with E-state index in [9.17, 15) is 10.1 Å². The summed E-state index contributed by atoms with van der Waals surface area (Å²) in [6.45, 7) is 0. The van der Waals surface area contributed by atoms with Crippen LogP contribution in [0.15, 0.2) is 52.3 Å². The predicted octanol–water partition coefficient (Wildman–Crippen LogP) is 3.76. The van der Waals surface area contributed by atoms with Gasteiger partial charge in [-0.2, -0.15) is 0 Å². The quantitative estimate of drug-likeness (QED) is 0.620. The maximum absolute atomic E-state index is 11.2. The first-order chi connectivity index (χ1) is 9.67. The van der Waals surface area contributed by atoms with E-state index in [2.05, 4.69) is 0 Å². The molecule has 0 saturated carbocycles. The number of hydrogen-bond acceptors (Lipinski definition) is 5. The summed E-state index contributed by atoms with van der Waals surface area (Å²) in [6, 6.07) is 12.4. The minimum absolute atomic E-state index is 0.00324. The van der Waals surface area contributed by atoms with Gasteiger partial charge in [-0.15, -0.1) is 0 Å². The second-order valence-corrected chi connectivity index (χ2v) is 4.91. The number of methoxy groups -OCH3 is 2. The van der Waals surface area contributed by atoms with Crippen LogP contribution in [0.1, 0.15) is 0 Å². The Bertz CT molecular complexity index is 616. The molecule has 2 rings (SSSR count). The maximum Gasteiger partial charge on any atom is 0.287 e. The zero-order chi connectivity index (χ0) is 14.5. The number of rotatable bonds is 5. The van der Waals surface area contributed by atoms with Crippen LogP contribution in [0.2, 0.25) is 0 Å². The van der Waals surface area contributed by atoms with Crippen molar-refractivity contribution in [3.05, 3.63) is 52.6 Å². The average Bonchev–Trinajstić information content (AvgIpc) is 2.47. The van der Waals surface area contributed by atoms with Crippen molar-refractivity contribution in [1.82, 2.24) is 0 Å². The first-order valence-corrected chi connectivity index (χ1v) is 6.61. The van der Waals surface area contributed by atoms with E-state index in [1.807, 2.05) is 30.3 Å². The van der Waals surface area contributed by atoms with Crippen molar-refractivity contribution in [3.8, 4) is 11.5 Å². The van der Waals surface area contributed by atoms with Gasteiger partial charge < -0.3 is 9.47 Å². The number of ether oxygens (including phenoxy) is 2. The van der Waals surface area contributed by atoms with Crippen molar-refractivity contribution < 1.29 is 14.4 Å². The number of hydrogen-bond donors (Lipinski definition) is 0. The molecule has 0 radical (unpaired) electrons. The molecule has 20 heavy (non-hydrogen) atoms. The molecule has 0 aromatic heterocycles. The summed E-state index contributed by atoms with van der Waals surface area (Å²) in [4.78, 5) is 12.1. The van der Waals surface area contributed by atoms with Gasteiger partial charge in [0.05, 0.1) is 19.1 Å². The minimum Gasteiger partial charge on any atom is -0.493 e. The Morgan fingerprint density at radius 3 is 2.30 bits per heavy atom. The topological polar surface area (TPSA) is 61.6 Å². The monoisotopic (exact) mass is 291 g/mol. The van der Waals surface area contributed by atoms with Gasteiger partial charge in [0, 0.05) is 11.0 Å². The highest BCUT2D eigenvalue weighted by molar-refractivity contribution is 7.99. The van der Waals surface area contributed by atoms with Crippen molar-refractivity contribution in [2.75, 3.05) is 14.2 Å². The molecule has 6 heteroatoms. The van der Waals surface area contributed by atoms with Crippen LogP contribution in [-0.2, 0) is 0 Å². The fraction of sp³-hybridized carbons (Fsp3) is 0.143. The molecule has 0 spiro atoms. The van der Waals surface area contributed by atoms with E-state index in [0.29, 0.717) is 16.4 Å². The summed E-state index contributed by atoms with van der Waals surface area (Å²) in [7, 11) is 2.97. The molecule has 0 unspecified atom stereocenters. The minimum atomic E-state index is -0.423. The molecule has 0 fully saturated rings. The van der Waals surface area contributed by atoms with Crippen LogP contribution in [0, 0.1) is 10.1 Å². The van der Waals surface area contributed by atoms with E-state index in [4.69, 9.17) is 9.47 Å². The molecule has 104 valence electrons. The molecule has 0 heterocycles. The second-order valence-electron chi connectivity index (χ2n) is 3.82. The van der Waals surface area contributed by atoms with Gasteiger partial charge in [-0.05, 0) is 18.2 Å². The van der Waals surface area contributed by atoms with Gasteiger partial charge in [0.2, 0.25) is 0 Å². The molecule has 0 N–H and O–H groups in total. The van der Waals surface area contributed by atoms with Crippen molar-refractivity contribution in [1.29, 1.82) is 0 Å². The predicted molar refractivity (Wildman–Crippen MR) is 76.8 cm³/mol. The van der Waals surface area contributed by atoms with Crippen LogP contribution < -0.4 is 9.47 Å². The standard InChI is InChI=1S/C14H13NO4S/c1-18-12-9-8-11(15(16)17)14(13(12)19-2)20-10-6-4-3-5-7-10/h3-9H,1-2H3. The number of benzene rings is 2. The Balaban J connectivity index is 2.55. The molecule has 0 aliphatic rings. The van der Waals surface area contributed by atoms with Gasteiger partial charge in [0.25, 0.3) is 5.69 Å². The summed E-state index contributed by atoms with van der Waals surface area (Å²) in [5.41, 5.74) is -0.00324. The summed E-state index contributed by atoms with van der Waals surface area (Å²) >= 11 is 1.28. The summed E-state index contributed by atoms with van der Waals surface area (Å²) in [6.07, 6.45) is 0. The first kappa shape index (κ1) is 14.2. The Morgan fingerprint density at radius 2 is 1.75 bits per heavy atom. The SMILES string of the molecule is COc1ccc([N+](=O)[O-])c(Sc2ccccc2)c1OC.